The molecule has 10 heteroatoms. The van der Waals surface area contributed by atoms with E-state index in [-0.39, 0.29) is 11.1 Å². The van der Waals surface area contributed by atoms with Gasteiger partial charge in [-0.25, -0.2) is 8.78 Å². The van der Waals surface area contributed by atoms with Crippen LogP contribution in [0.15, 0.2) is 24.4 Å². The largest absolute Gasteiger partial charge is 0.408 e. The summed E-state index contributed by atoms with van der Waals surface area (Å²) in [6.45, 7) is 5.04. The summed E-state index contributed by atoms with van der Waals surface area (Å²) >= 11 is 0. The van der Waals surface area contributed by atoms with Gasteiger partial charge >= 0.3 is 6.18 Å². The van der Waals surface area contributed by atoms with Crippen LogP contribution in [0.4, 0.5) is 27.6 Å². The average molecular weight is 442 g/mol. The Labute approximate surface area is 176 Å². The number of nitrogens with one attached hydrogen (secondary N) is 1. The lowest BCUT2D eigenvalue weighted by atomic mass is 9.97. The van der Waals surface area contributed by atoms with E-state index in [9.17, 15) is 26.7 Å². The molecule has 3 N–H and O–H groups in total. The molecule has 3 rings (SSSR count). The number of hydrogen-bond acceptors (Lipinski definition) is 4. The summed E-state index contributed by atoms with van der Waals surface area (Å²) in [5, 5.41) is 1.94. The molecule has 5 nitrogen and oxygen atoms in total. The maximum absolute atomic E-state index is 14.0. The minimum absolute atomic E-state index is 0.0980. The Morgan fingerprint density at radius 1 is 1.29 bits per heavy atom. The molecule has 0 bridgehead atoms. The highest BCUT2D eigenvalue weighted by atomic mass is 19.4. The topological polar surface area (TPSA) is 71.2 Å². The van der Waals surface area contributed by atoms with Crippen LogP contribution in [0.1, 0.15) is 36.3 Å². The predicted octanol–water partition coefficient (Wildman–Crippen LogP) is 3.94. The van der Waals surface area contributed by atoms with Crippen LogP contribution in [0.5, 0.6) is 0 Å². The molecule has 0 spiro atoms. The fourth-order valence-corrected chi connectivity index (χ4v) is 3.62. The van der Waals surface area contributed by atoms with Crippen molar-refractivity contribution in [2.45, 2.75) is 44.9 Å². The van der Waals surface area contributed by atoms with Crippen LogP contribution in [0, 0.1) is 18.6 Å². The number of amides is 1. The predicted molar refractivity (Wildman–Crippen MR) is 107 cm³/mol. The van der Waals surface area contributed by atoms with E-state index in [4.69, 9.17) is 5.73 Å². The number of hydrogen-bond donors (Lipinski definition) is 2. The van der Waals surface area contributed by atoms with Gasteiger partial charge in [-0.05, 0) is 44.9 Å². The fourth-order valence-electron chi connectivity index (χ4n) is 3.62. The number of halogens is 5. The van der Waals surface area contributed by atoms with Crippen molar-refractivity contribution in [3.8, 4) is 11.1 Å². The Morgan fingerprint density at radius 2 is 1.97 bits per heavy atom. The molecule has 1 aliphatic heterocycles. The van der Waals surface area contributed by atoms with E-state index in [0.29, 0.717) is 36.5 Å². The normalized spacial score (nSPS) is 20.1. The Bertz CT molecular complexity index is 1010. The summed E-state index contributed by atoms with van der Waals surface area (Å²) in [5.41, 5.74) is 6.83. The maximum atomic E-state index is 14.0. The second-order valence-electron chi connectivity index (χ2n) is 8.17. The Morgan fingerprint density at radius 3 is 2.52 bits per heavy atom. The number of alkyl halides is 3. The van der Waals surface area contributed by atoms with Crippen LogP contribution in [0.2, 0.25) is 0 Å². The number of nitrogens with zero attached hydrogens (tertiary/aromatic N) is 2. The first-order valence-corrected chi connectivity index (χ1v) is 9.66. The Balaban J connectivity index is 2.17. The second-order valence-corrected chi connectivity index (χ2v) is 8.17. The zero-order valence-corrected chi connectivity index (χ0v) is 17.3. The van der Waals surface area contributed by atoms with Crippen LogP contribution in [0.25, 0.3) is 11.1 Å². The third-order valence-electron chi connectivity index (χ3n) is 5.35. The Hall–Kier alpha value is -2.75. The van der Waals surface area contributed by atoms with Crippen LogP contribution in [-0.2, 0) is 0 Å². The SMILES string of the molecule is Cc1ncc(C(=O)NC(C)C(F)(F)F)c(N2CC[C@](C)(N)C2)c1-c1ccc(F)c(F)c1. The summed E-state index contributed by atoms with van der Waals surface area (Å²) in [6.07, 6.45) is -2.86. The number of benzene rings is 1. The van der Waals surface area contributed by atoms with E-state index in [2.05, 4.69) is 4.98 Å². The van der Waals surface area contributed by atoms with Crippen molar-refractivity contribution in [3.05, 3.63) is 47.3 Å². The second kappa shape index (κ2) is 8.07. The van der Waals surface area contributed by atoms with Crippen molar-refractivity contribution in [3.63, 3.8) is 0 Å². The van der Waals surface area contributed by atoms with Crippen molar-refractivity contribution in [1.29, 1.82) is 0 Å². The van der Waals surface area contributed by atoms with Gasteiger partial charge in [0.2, 0.25) is 0 Å². The number of nitrogens with two attached hydrogens (primary N) is 1. The Kier molecular flexibility index (Phi) is 5.96. The van der Waals surface area contributed by atoms with Gasteiger partial charge in [-0.3, -0.25) is 9.78 Å². The first-order valence-electron chi connectivity index (χ1n) is 9.66. The molecular formula is C21H23F5N4O. The summed E-state index contributed by atoms with van der Waals surface area (Å²) in [5.74, 6) is -3.10. The van der Waals surface area contributed by atoms with E-state index >= 15 is 0 Å². The molecular weight excluding hydrogens is 419 g/mol. The van der Waals surface area contributed by atoms with E-state index < -0.39 is 35.3 Å². The molecule has 1 fully saturated rings. The minimum atomic E-state index is -4.62. The first-order chi connectivity index (χ1) is 14.3. The lowest BCUT2D eigenvalue weighted by Crippen LogP contribution is -2.44. The monoisotopic (exact) mass is 442 g/mol. The van der Waals surface area contributed by atoms with Gasteiger partial charge in [-0.1, -0.05) is 6.07 Å². The molecule has 1 unspecified atom stereocenters. The van der Waals surface area contributed by atoms with Gasteiger partial charge in [-0.15, -0.1) is 0 Å². The zero-order chi connectivity index (χ0) is 23.1. The lowest BCUT2D eigenvalue weighted by molar-refractivity contribution is -0.149. The highest BCUT2D eigenvalue weighted by Crippen LogP contribution is 2.39. The van der Waals surface area contributed by atoms with E-state index in [1.165, 1.54) is 12.3 Å². The third-order valence-corrected chi connectivity index (χ3v) is 5.35. The van der Waals surface area contributed by atoms with E-state index in [1.54, 1.807) is 11.8 Å². The first kappa shape index (κ1) is 22.9. The van der Waals surface area contributed by atoms with Crippen LogP contribution in [-0.4, -0.2) is 41.7 Å². The molecule has 2 atom stereocenters. The fraction of sp³-hybridized carbons (Fsp3) is 0.429. The van der Waals surface area contributed by atoms with Gasteiger partial charge < -0.3 is 16.0 Å². The standard InChI is InChI=1S/C21H23F5N4O/c1-11-17(13-4-5-15(22)16(23)8-13)18(30-7-6-20(3,27)10-30)14(9-28-11)19(31)29-12(2)21(24,25)26/h4-5,8-9,12H,6-7,10,27H2,1-3H3,(H,29,31)/t12?,20-/m0/s1. The summed E-state index contributed by atoms with van der Waals surface area (Å²) in [6, 6.07) is 1.17. The highest BCUT2D eigenvalue weighted by Gasteiger charge is 2.39. The third kappa shape index (κ3) is 4.79. The molecule has 0 saturated carbocycles. The number of rotatable bonds is 4. The quantitative estimate of drug-likeness (QED) is 0.704. The maximum Gasteiger partial charge on any atom is 0.408 e. The van der Waals surface area contributed by atoms with Gasteiger partial charge in [-0.2, -0.15) is 13.2 Å². The average Bonchev–Trinajstić information content (AvgIpc) is 3.02. The van der Waals surface area contributed by atoms with Crippen molar-refractivity contribution in [2.24, 2.45) is 5.73 Å². The molecule has 1 aliphatic rings. The van der Waals surface area contributed by atoms with Crippen molar-refractivity contribution in [2.75, 3.05) is 18.0 Å². The summed E-state index contributed by atoms with van der Waals surface area (Å²) in [4.78, 5) is 18.7. The molecule has 31 heavy (non-hydrogen) atoms. The number of carbonyl (C=O) groups excluding carboxylic acids is 1. The van der Waals surface area contributed by atoms with Crippen LogP contribution in [0.3, 0.4) is 0 Å². The number of anilines is 1. The molecule has 1 aromatic heterocycles. The van der Waals surface area contributed by atoms with Gasteiger partial charge in [0.25, 0.3) is 5.91 Å². The number of pyridine rings is 1. The number of carbonyl (C=O) groups is 1. The van der Waals surface area contributed by atoms with Gasteiger partial charge in [0.15, 0.2) is 11.6 Å². The molecule has 0 aliphatic carbocycles. The van der Waals surface area contributed by atoms with Gasteiger partial charge in [0.1, 0.15) is 6.04 Å². The molecule has 2 aromatic rings. The number of aromatic nitrogens is 1. The summed E-state index contributed by atoms with van der Waals surface area (Å²) in [7, 11) is 0. The van der Waals surface area contributed by atoms with Crippen molar-refractivity contribution < 1.29 is 26.7 Å². The van der Waals surface area contributed by atoms with Gasteiger partial charge in [0.05, 0.1) is 11.3 Å². The lowest BCUT2D eigenvalue weighted by Gasteiger charge is -2.28. The minimum Gasteiger partial charge on any atom is -0.368 e. The molecule has 1 amide bonds. The van der Waals surface area contributed by atoms with Crippen LogP contribution < -0.4 is 16.0 Å². The molecule has 2 heterocycles. The van der Waals surface area contributed by atoms with Crippen molar-refractivity contribution in [1.82, 2.24) is 10.3 Å². The summed E-state index contributed by atoms with van der Waals surface area (Å²) < 4.78 is 66.4. The molecule has 0 radical (unpaired) electrons. The molecule has 1 aromatic carbocycles. The van der Waals surface area contributed by atoms with E-state index in [1.807, 2.05) is 12.2 Å². The zero-order valence-electron chi connectivity index (χ0n) is 17.3. The van der Waals surface area contributed by atoms with Crippen molar-refractivity contribution >= 4 is 11.6 Å². The highest BCUT2D eigenvalue weighted by molar-refractivity contribution is 6.03. The molecule has 168 valence electrons. The molecule has 1 saturated heterocycles. The van der Waals surface area contributed by atoms with Gasteiger partial charge in [0, 0.05) is 36.1 Å². The van der Waals surface area contributed by atoms with Crippen LogP contribution >= 0.6 is 0 Å². The number of aryl methyl sites for hydroxylation is 1. The van der Waals surface area contributed by atoms with E-state index in [0.717, 1.165) is 19.1 Å². The smallest absolute Gasteiger partial charge is 0.368 e.